The van der Waals surface area contributed by atoms with Crippen molar-refractivity contribution in [2.45, 2.75) is 13.3 Å². The van der Waals surface area contributed by atoms with E-state index in [0.29, 0.717) is 5.69 Å². The van der Waals surface area contributed by atoms with Gasteiger partial charge in [-0.15, -0.1) is 11.3 Å². The van der Waals surface area contributed by atoms with Crippen molar-refractivity contribution in [3.8, 4) is 10.6 Å². The Morgan fingerprint density at radius 1 is 1.15 bits per heavy atom. The van der Waals surface area contributed by atoms with Crippen molar-refractivity contribution in [2.24, 2.45) is 0 Å². The molecule has 3 aromatic rings. The molecule has 1 N–H and O–H groups in total. The molecule has 7 heteroatoms. The van der Waals surface area contributed by atoms with Crippen LogP contribution in [0.3, 0.4) is 0 Å². The van der Waals surface area contributed by atoms with Crippen LogP contribution in [0, 0.1) is 12.7 Å². The molecule has 0 spiro atoms. The third-order valence-electron chi connectivity index (χ3n) is 3.69. The molecular formula is C20H17FN2O3S. The van der Waals surface area contributed by atoms with Crippen molar-refractivity contribution >= 4 is 28.9 Å². The molecule has 2 aromatic carbocycles. The summed E-state index contributed by atoms with van der Waals surface area (Å²) in [6.07, 6.45) is -0.0324. The maximum absolute atomic E-state index is 13.5. The van der Waals surface area contributed by atoms with E-state index in [2.05, 4.69) is 10.3 Å². The number of carbonyl (C=O) groups is 2. The molecule has 0 aliphatic rings. The van der Waals surface area contributed by atoms with E-state index in [9.17, 15) is 14.0 Å². The summed E-state index contributed by atoms with van der Waals surface area (Å²) in [6.45, 7) is 1.53. The predicted molar refractivity (Wildman–Crippen MR) is 102 cm³/mol. The van der Waals surface area contributed by atoms with Crippen molar-refractivity contribution in [1.82, 2.24) is 4.98 Å². The molecule has 0 aliphatic carbocycles. The maximum Gasteiger partial charge on any atom is 0.312 e. The fraction of sp³-hybridized carbons (Fsp3) is 0.150. The topological polar surface area (TPSA) is 68.3 Å². The molecule has 0 unspecified atom stereocenters. The molecule has 0 saturated heterocycles. The fourth-order valence-corrected chi connectivity index (χ4v) is 3.14. The number of halogens is 1. The largest absolute Gasteiger partial charge is 0.455 e. The Hall–Kier alpha value is -3.06. The van der Waals surface area contributed by atoms with Crippen LogP contribution in [-0.2, 0) is 20.7 Å². The Kier molecular flexibility index (Phi) is 5.93. The van der Waals surface area contributed by atoms with Crippen LogP contribution in [-0.4, -0.2) is 23.5 Å². The monoisotopic (exact) mass is 384 g/mol. The quantitative estimate of drug-likeness (QED) is 0.653. The minimum Gasteiger partial charge on any atom is -0.455 e. The van der Waals surface area contributed by atoms with Crippen molar-refractivity contribution in [3.63, 3.8) is 0 Å². The number of rotatable bonds is 6. The van der Waals surface area contributed by atoms with Crippen LogP contribution in [0.25, 0.3) is 10.6 Å². The lowest BCUT2D eigenvalue weighted by atomic mass is 10.2. The van der Waals surface area contributed by atoms with Crippen molar-refractivity contribution in [2.75, 3.05) is 11.9 Å². The highest BCUT2D eigenvalue weighted by atomic mass is 32.1. The third kappa shape index (κ3) is 5.21. The van der Waals surface area contributed by atoms with E-state index in [-0.39, 0.29) is 12.1 Å². The first-order chi connectivity index (χ1) is 13.0. The number of carbonyl (C=O) groups excluding carboxylic acids is 2. The third-order valence-corrected chi connectivity index (χ3v) is 4.63. The first-order valence-corrected chi connectivity index (χ1v) is 9.10. The van der Waals surface area contributed by atoms with Crippen LogP contribution >= 0.6 is 11.3 Å². The molecule has 0 saturated carbocycles. The molecule has 3 rings (SSSR count). The van der Waals surface area contributed by atoms with Gasteiger partial charge in [0, 0.05) is 10.9 Å². The number of para-hydroxylation sites is 1. The number of aromatic nitrogens is 1. The van der Waals surface area contributed by atoms with Crippen LogP contribution in [0.2, 0.25) is 0 Å². The Bertz CT molecular complexity index is 954. The molecular weight excluding hydrogens is 367 g/mol. The molecule has 5 nitrogen and oxygen atoms in total. The van der Waals surface area contributed by atoms with E-state index in [1.54, 1.807) is 11.4 Å². The Labute approximate surface area is 159 Å². The summed E-state index contributed by atoms with van der Waals surface area (Å²) in [5.41, 5.74) is 2.76. The summed E-state index contributed by atoms with van der Waals surface area (Å²) >= 11 is 1.44. The number of ether oxygens (including phenoxy) is 1. The Morgan fingerprint density at radius 3 is 2.63 bits per heavy atom. The number of benzene rings is 2. The number of hydrogen-bond acceptors (Lipinski definition) is 5. The lowest BCUT2D eigenvalue weighted by Gasteiger charge is -2.06. The number of nitrogens with one attached hydrogen (secondary N) is 1. The van der Waals surface area contributed by atoms with Gasteiger partial charge in [0.25, 0.3) is 5.91 Å². The second kappa shape index (κ2) is 8.55. The first kappa shape index (κ1) is 18.7. The maximum atomic E-state index is 13.5. The number of thiazole rings is 1. The van der Waals surface area contributed by atoms with Crippen LogP contribution in [0.1, 0.15) is 11.3 Å². The lowest BCUT2D eigenvalue weighted by molar-refractivity contribution is -0.146. The van der Waals surface area contributed by atoms with E-state index in [0.717, 1.165) is 16.1 Å². The second-order valence-electron chi connectivity index (χ2n) is 5.88. The smallest absolute Gasteiger partial charge is 0.312 e. The molecule has 0 radical (unpaired) electrons. The van der Waals surface area contributed by atoms with Gasteiger partial charge < -0.3 is 10.1 Å². The standard InChI is InChI=1S/C20H17FN2O3S/c1-13-6-8-14(9-7-13)20-22-15(12-27-20)10-19(25)26-11-18(24)23-17-5-3-2-4-16(17)21/h2-9,12H,10-11H2,1H3,(H,23,24). The minimum absolute atomic E-state index is 0.0324. The molecule has 0 atom stereocenters. The minimum atomic E-state index is -0.605. The molecule has 0 bridgehead atoms. The summed E-state index contributed by atoms with van der Waals surface area (Å²) in [5, 5.41) is 4.96. The van der Waals surface area contributed by atoms with Crippen molar-refractivity contribution < 1.29 is 18.7 Å². The molecule has 1 heterocycles. The fourth-order valence-electron chi connectivity index (χ4n) is 2.31. The zero-order valence-corrected chi connectivity index (χ0v) is 15.4. The van der Waals surface area contributed by atoms with Gasteiger partial charge in [0.1, 0.15) is 10.8 Å². The highest BCUT2D eigenvalue weighted by Crippen LogP contribution is 2.24. The Morgan fingerprint density at radius 2 is 1.89 bits per heavy atom. The van der Waals surface area contributed by atoms with Gasteiger partial charge in [-0.25, -0.2) is 9.37 Å². The zero-order chi connectivity index (χ0) is 19.2. The van der Waals surface area contributed by atoms with E-state index in [1.807, 2.05) is 31.2 Å². The van der Waals surface area contributed by atoms with Gasteiger partial charge in [0.2, 0.25) is 0 Å². The van der Waals surface area contributed by atoms with Crippen LogP contribution in [0.4, 0.5) is 10.1 Å². The first-order valence-electron chi connectivity index (χ1n) is 8.23. The summed E-state index contributed by atoms with van der Waals surface area (Å²) in [6, 6.07) is 13.7. The van der Waals surface area contributed by atoms with Gasteiger partial charge in [-0.2, -0.15) is 0 Å². The average molecular weight is 384 g/mol. The molecule has 0 aliphatic heterocycles. The lowest BCUT2D eigenvalue weighted by Crippen LogP contribution is -2.22. The van der Waals surface area contributed by atoms with Gasteiger partial charge in [-0.3, -0.25) is 9.59 Å². The van der Waals surface area contributed by atoms with Crippen LogP contribution < -0.4 is 5.32 Å². The Balaban J connectivity index is 1.50. The molecule has 1 amide bonds. The molecule has 1 aromatic heterocycles. The molecule has 27 heavy (non-hydrogen) atoms. The summed E-state index contributed by atoms with van der Waals surface area (Å²) in [7, 11) is 0. The van der Waals surface area contributed by atoms with Gasteiger partial charge in [-0.05, 0) is 19.1 Å². The summed E-state index contributed by atoms with van der Waals surface area (Å²) in [5.74, 6) is -1.73. The highest BCUT2D eigenvalue weighted by Gasteiger charge is 2.13. The van der Waals surface area contributed by atoms with E-state index in [4.69, 9.17) is 4.74 Å². The number of aryl methyl sites for hydroxylation is 1. The molecule has 0 fully saturated rings. The average Bonchev–Trinajstić information content (AvgIpc) is 3.11. The van der Waals surface area contributed by atoms with Gasteiger partial charge in [0.05, 0.1) is 17.8 Å². The molecule has 138 valence electrons. The predicted octanol–water partition coefficient (Wildman–Crippen LogP) is 3.98. The normalized spacial score (nSPS) is 10.4. The summed E-state index contributed by atoms with van der Waals surface area (Å²) < 4.78 is 18.4. The number of anilines is 1. The number of esters is 1. The SMILES string of the molecule is Cc1ccc(-c2nc(CC(=O)OCC(=O)Nc3ccccc3F)cs2)cc1. The van der Waals surface area contributed by atoms with E-state index < -0.39 is 24.3 Å². The zero-order valence-electron chi connectivity index (χ0n) is 14.6. The van der Waals surface area contributed by atoms with Gasteiger partial charge in [-0.1, -0.05) is 42.0 Å². The van der Waals surface area contributed by atoms with E-state index >= 15 is 0 Å². The number of amides is 1. The van der Waals surface area contributed by atoms with E-state index in [1.165, 1.54) is 29.5 Å². The van der Waals surface area contributed by atoms with Crippen molar-refractivity contribution in [3.05, 3.63) is 71.0 Å². The summed E-state index contributed by atoms with van der Waals surface area (Å²) in [4.78, 5) is 28.1. The van der Waals surface area contributed by atoms with Gasteiger partial charge >= 0.3 is 5.97 Å². The second-order valence-corrected chi connectivity index (χ2v) is 6.73. The number of nitrogens with zero attached hydrogens (tertiary/aromatic N) is 1. The number of hydrogen-bond donors (Lipinski definition) is 1. The van der Waals surface area contributed by atoms with Crippen molar-refractivity contribution in [1.29, 1.82) is 0 Å². The van der Waals surface area contributed by atoms with Gasteiger partial charge in [0.15, 0.2) is 6.61 Å². The highest BCUT2D eigenvalue weighted by molar-refractivity contribution is 7.13. The van der Waals surface area contributed by atoms with Crippen LogP contribution in [0.15, 0.2) is 53.9 Å². The van der Waals surface area contributed by atoms with Crippen LogP contribution in [0.5, 0.6) is 0 Å².